The summed E-state index contributed by atoms with van der Waals surface area (Å²) < 4.78 is 41.9. The van der Waals surface area contributed by atoms with Crippen molar-refractivity contribution in [1.29, 1.82) is 0 Å². The molecule has 1 aliphatic carbocycles. The maximum Gasteiger partial charge on any atom is 0.391 e. The summed E-state index contributed by atoms with van der Waals surface area (Å²) in [7, 11) is 0. The molecule has 1 rings (SSSR count). The minimum atomic E-state index is -4.00. The SMILES string of the molecule is CC.CCOC1CCC(C(F)(F)F)CC1. The molecule has 0 radical (unpaired) electrons. The second-order valence-corrected chi connectivity index (χ2v) is 3.47. The fourth-order valence-corrected chi connectivity index (χ4v) is 1.79. The highest BCUT2D eigenvalue weighted by Crippen LogP contribution is 2.38. The Morgan fingerprint density at radius 3 is 1.87 bits per heavy atom. The van der Waals surface area contributed by atoms with Crippen LogP contribution in [-0.2, 0) is 4.74 Å². The number of hydrogen-bond donors (Lipinski definition) is 0. The molecular weight excluding hydrogens is 205 g/mol. The fraction of sp³-hybridized carbons (Fsp3) is 1.00. The third-order valence-electron chi connectivity index (χ3n) is 2.54. The lowest BCUT2D eigenvalue weighted by Gasteiger charge is -2.29. The molecule has 0 saturated heterocycles. The average Bonchev–Trinajstić information content (AvgIpc) is 2.21. The highest BCUT2D eigenvalue weighted by atomic mass is 19.4. The Morgan fingerprint density at radius 1 is 1.07 bits per heavy atom. The van der Waals surface area contributed by atoms with Crippen LogP contribution < -0.4 is 0 Å². The van der Waals surface area contributed by atoms with E-state index in [1.54, 1.807) is 0 Å². The maximum absolute atomic E-state index is 12.2. The van der Waals surface area contributed by atoms with E-state index >= 15 is 0 Å². The van der Waals surface area contributed by atoms with Crippen LogP contribution in [0.3, 0.4) is 0 Å². The van der Waals surface area contributed by atoms with Crippen molar-refractivity contribution < 1.29 is 17.9 Å². The zero-order valence-electron chi connectivity index (χ0n) is 9.73. The fourth-order valence-electron chi connectivity index (χ4n) is 1.79. The summed E-state index contributed by atoms with van der Waals surface area (Å²) in [6, 6.07) is 0. The summed E-state index contributed by atoms with van der Waals surface area (Å²) in [4.78, 5) is 0. The topological polar surface area (TPSA) is 9.23 Å². The van der Waals surface area contributed by atoms with Crippen LogP contribution in [0.5, 0.6) is 0 Å². The molecule has 0 atom stereocenters. The second-order valence-electron chi connectivity index (χ2n) is 3.47. The van der Waals surface area contributed by atoms with E-state index in [9.17, 15) is 13.2 Å². The van der Waals surface area contributed by atoms with Crippen molar-refractivity contribution in [3.05, 3.63) is 0 Å². The van der Waals surface area contributed by atoms with Crippen LogP contribution >= 0.6 is 0 Å². The van der Waals surface area contributed by atoms with E-state index in [1.807, 2.05) is 20.8 Å². The molecule has 0 bridgehead atoms. The Kier molecular flexibility index (Phi) is 6.98. The summed E-state index contributed by atoms with van der Waals surface area (Å²) in [5.74, 6) is -1.09. The van der Waals surface area contributed by atoms with Gasteiger partial charge in [-0.05, 0) is 32.6 Å². The highest BCUT2D eigenvalue weighted by molar-refractivity contribution is 4.77. The predicted molar refractivity (Wildman–Crippen MR) is 54.8 cm³/mol. The molecule has 0 aromatic rings. The third kappa shape index (κ3) is 5.40. The molecule has 1 aliphatic rings. The summed E-state index contributed by atoms with van der Waals surface area (Å²) in [6.07, 6.45) is -2.38. The van der Waals surface area contributed by atoms with E-state index in [2.05, 4.69) is 0 Å². The van der Waals surface area contributed by atoms with Crippen LogP contribution in [0, 0.1) is 5.92 Å². The Morgan fingerprint density at radius 2 is 1.53 bits per heavy atom. The molecule has 0 N–H and O–H groups in total. The molecule has 15 heavy (non-hydrogen) atoms. The van der Waals surface area contributed by atoms with E-state index in [-0.39, 0.29) is 18.9 Å². The Hall–Kier alpha value is -0.250. The van der Waals surface area contributed by atoms with E-state index in [0.717, 1.165) is 0 Å². The van der Waals surface area contributed by atoms with Gasteiger partial charge in [-0.3, -0.25) is 0 Å². The van der Waals surface area contributed by atoms with Gasteiger partial charge in [-0.15, -0.1) is 0 Å². The number of halogens is 3. The zero-order valence-corrected chi connectivity index (χ0v) is 9.73. The summed E-state index contributed by atoms with van der Waals surface area (Å²) in [5.41, 5.74) is 0. The van der Waals surface area contributed by atoms with Gasteiger partial charge >= 0.3 is 6.18 Å². The largest absolute Gasteiger partial charge is 0.391 e. The second kappa shape index (κ2) is 7.09. The van der Waals surface area contributed by atoms with Crippen molar-refractivity contribution in [2.24, 2.45) is 5.92 Å². The van der Waals surface area contributed by atoms with E-state index in [4.69, 9.17) is 4.74 Å². The third-order valence-corrected chi connectivity index (χ3v) is 2.54. The first-order valence-electron chi connectivity index (χ1n) is 5.72. The van der Waals surface area contributed by atoms with Gasteiger partial charge in [-0.1, -0.05) is 13.8 Å². The number of rotatable bonds is 2. The van der Waals surface area contributed by atoms with Gasteiger partial charge in [0.1, 0.15) is 0 Å². The standard InChI is InChI=1S/C9H15F3O.C2H6/c1-2-13-8-5-3-7(4-6-8)9(10,11)12;1-2/h7-8H,2-6H2,1H3;1-2H3. The molecule has 1 fully saturated rings. The molecule has 4 heteroatoms. The first kappa shape index (κ1) is 14.8. The molecule has 92 valence electrons. The van der Waals surface area contributed by atoms with Crippen LogP contribution in [0.4, 0.5) is 13.2 Å². The first-order chi connectivity index (χ1) is 7.04. The molecule has 0 spiro atoms. The minimum absolute atomic E-state index is 0.0589. The summed E-state index contributed by atoms with van der Waals surface area (Å²) >= 11 is 0. The molecule has 0 heterocycles. The van der Waals surface area contributed by atoms with Crippen molar-refractivity contribution in [1.82, 2.24) is 0 Å². The van der Waals surface area contributed by atoms with E-state index < -0.39 is 12.1 Å². The normalized spacial score (nSPS) is 26.8. The van der Waals surface area contributed by atoms with Gasteiger partial charge < -0.3 is 4.74 Å². The quantitative estimate of drug-likeness (QED) is 0.686. The van der Waals surface area contributed by atoms with Crippen LogP contribution in [0.2, 0.25) is 0 Å². The van der Waals surface area contributed by atoms with Gasteiger partial charge in [0, 0.05) is 6.61 Å². The molecule has 0 aromatic carbocycles. The molecule has 0 aromatic heterocycles. The van der Waals surface area contributed by atoms with Gasteiger partial charge in [-0.25, -0.2) is 0 Å². The van der Waals surface area contributed by atoms with Gasteiger partial charge in [0.15, 0.2) is 0 Å². The summed E-state index contributed by atoms with van der Waals surface area (Å²) in [5, 5.41) is 0. The van der Waals surface area contributed by atoms with Gasteiger partial charge in [0.05, 0.1) is 12.0 Å². The van der Waals surface area contributed by atoms with Gasteiger partial charge in [-0.2, -0.15) is 13.2 Å². The predicted octanol–water partition coefficient (Wildman–Crippen LogP) is 4.17. The van der Waals surface area contributed by atoms with Crippen molar-refractivity contribution >= 4 is 0 Å². The Labute approximate surface area is 90.0 Å². The molecule has 1 saturated carbocycles. The van der Waals surface area contributed by atoms with Crippen LogP contribution in [0.15, 0.2) is 0 Å². The molecule has 0 unspecified atom stereocenters. The van der Waals surface area contributed by atoms with Crippen LogP contribution in [-0.4, -0.2) is 18.9 Å². The Balaban J connectivity index is 0.000000921. The smallest absolute Gasteiger partial charge is 0.379 e. The summed E-state index contributed by atoms with van der Waals surface area (Å²) in [6.45, 7) is 6.47. The lowest BCUT2D eigenvalue weighted by molar-refractivity contribution is -0.187. The van der Waals surface area contributed by atoms with E-state index in [1.165, 1.54) is 0 Å². The molecule has 1 nitrogen and oxygen atoms in total. The molecular formula is C11H21F3O. The van der Waals surface area contributed by atoms with Gasteiger partial charge in [0.25, 0.3) is 0 Å². The monoisotopic (exact) mass is 226 g/mol. The maximum atomic E-state index is 12.2. The minimum Gasteiger partial charge on any atom is -0.379 e. The number of ether oxygens (including phenoxy) is 1. The molecule has 0 aliphatic heterocycles. The van der Waals surface area contributed by atoms with Crippen molar-refractivity contribution in [2.75, 3.05) is 6.61 Å². The van der Waals surface area contributed by atoms with Crippen molar-refractivity contribution in [3.8, 4) is 0 Å². The van der Waals surface area contributed by atoms with Crippen LogP contribution in [0.25, 0.3) is 0 Å². The highest BCUT2D eigenvalue weighted by Gasteiger charge is 2.41. The van der Waals surface area contributed by atoms with Crippen molar-refractivity contribution in [2.45, 2.75) is 58.7 Å². The average molecular weight is 226 g/mol. The Bertz CT molecular complexity index is 148. The lowest BCUT2D eigenvalue weighted by atomic mass is 9.87. The lowest BCUT2D eigenvalue weighted by Crippen LogP contribution is -2.30. The zero-order chi connectivity index (χ0) is 11.9. The number of hydrogen-bond acceptors (Lipinski definition) is 1. The number of alkyl halides is 3. The first-order valence-corrected chi connectivity index (χ1v) is 5.72. The van der Waals surface area contributed by atoms with Crippen LogP contribution in [0.1, 0.15) is 46.5 Å². The van der Waals surface area contributed by atoms with E-state index in [0.29, 0.717) is 19.4 Å². The van der Waals surface area contributed by atoms with Crippen molar-refractivity contribution in [3.63, 3.8) is 0 Å². The molecule has 0 amide bonds. The van der Waals surface area contributed by atoms with Gasteiger partial charge in [0.2, 0.25) is 0 Å².